The highest BCUT2D eigenvalue weighted by Gasteiger charge is 2.18. The predicted molar refractivity (Wildman–Crippen MR) is 45.8 cm³/mol. The first-order valence-electron chi connectivity index (χ1n) is 3.41. The van der Waals surface area contributed by atoms with E-state index in [0.29, 0.717) is 0 Å². The molecule has 66 valence electrons. The highest BCUT2D eigenvalue weighted by atomic mass is 16.2. The summed E-state index contributed by atoms with van der Waals surface area (Å²) in [4.78, 5) is 21.3. The summed E-state index contributed by atoms with van der Waals surface area (Å²) in [6.45, 7) is 5.08. The summed E-state index contributed by atoms with van der Waals surface area (Å²) < 4.78 is 0. The summed E-state index contributed by atoms with van der Waals surface area (Å²) in [5.41, 5.74) is 9.94. The second-order valence-electron chi connectivity index (χ2n) is 2.30. The van der Waals surface area contributed by atoms with E-state index in [4.69, 9.17) is 11.5 Å². The van der Waals surface area contributed by atoms with Crippen LogP contribution in [0.3, 0.4) is 0 Å². The number of nitrogens with two attached hydrogens (primary N) is 2. The van der Waals surface area contributed by atoms with Gasteiger partial charge in [-0.2, -0.15) is 0 Å². The normalized spacial score (nSPS) is 12.8. The highest BCUT2D eigenvalue weighted by Crippen LogP contribution is 2.09. The molecule has 0 aromatic rings. The van der Waals surface area contributed by atoms with E-state index >= 15 is 0 Å². The first kappa shape index (κ1) is 10.4. The Labute approximate surface area is 70.9 Å². The van der Waals surface area contributed by atoms with E-state index in [1.54, 1.807) is 13.0 Å². The van der Waals surface area contributed by atoms with Crippen LogP contribution in [-0.4, -0.2) is 11.8 Å². The number of hydrogen-bond acceptors (Lipinski definition) is 2. The highest BCUT2D eigenvalue weighted by molar-refractivity contribution is 5.99. The minimum absolute atomic E-state index is 0.0144. The minimum atomic E-state index is -0.785. The lowest BCUT2D eigenvalue weighted by Gasteiger charge is -2.07. The molecule has 1 unspecified atom stereocenters. The molecule has 2 amide bonds. The molecule has 0 aliphatic heterocycles. The van der Waals surface area contributed by atoms with Crippen LogP contribution in [0.5, 0.6) is 0 Å². The Kier molecular flexibility index (Phi) is 3.76. The summed E-state index contributed by atoms with van der Waals surface area (Å²) in [5.74, 6) is -2.12. The van der Waals surface area contributed by atoms with Crippen molar-refractivity contribution < 1.29 is 9.59 Å². The van der Waals surface area contributed by atoms with Crippen molar-refractivity contribution in [3.8, 4) is 0 Å². The summed E-state index contributed by atoms with van der Waals surface area (Å²) in [6.07, 6.45) is 3.10. The standard InChI is InChI=1S/C8H12N2O2/c1-3-4-6(8(10)12)5(2)7(9)11/h3-4,6H,2H2,1H3,(H2,9,11)(H2,10,12)/b4-3+. The van der Waals surface area contributed by atoms with E-state index in [1.807, 2.05) is 0 Å². The molecule has 0 aromatic carbocycles. The van der Waals surface area contributed by atoms with E-state index in [9.17, 15) is 9.59 Å². The molecule has 0 saturated heterocycles. The number of allylic oxidation sites excluding steroid dienone is 1. The van der Waals surface area contributed by atoms with Gasteiger partial charge in [0, 0.05) is 5.57 Å². The van der Waals surface area contributed by atoms with Crippen molar-refractivity contribution >= 4 is 11.8 Å². The molecule has 0 saturated carbocycles. The number of carbonyl (C=O) groups is 2. The quantitative estimate of drug-likeness (QED) is 0.446. The molecule has 0 fully saturated rings. The lowest BCUT2D eigenvalue weighted by molar-refractivity contribution is -0.122. The molecule has 1 atom stereocenters. The number of primary amides is 2. The van der Waals surface area contributed by atoms with Crippen LogP contribution >= 0.6 is 0 Å². The van der Waals surface area contributed by atoms with E-state index in [0.717, 1.165) is 0 Å². The Morgan fingerprint density at radius 1 is 1.42 bits per heavy atom. The largest absolute Gasteiger partial charge is 0.369 e. The van der Waals surface area contributed by atoms with Crippen LogP contribution in [0.25, 0.3) is 0 Å². The molecule has 0 aliphatic rings. The molecular formula is C8H12N2O2. The zero-order valence-electron chi connectivity index (χ0n) is 6.91. The number of carbonyl (C=O) groups excluding carboxylic acids is 2. The Hall–Kier alpha value is -1.58. The lowest BCUT2D eigenvalue weighted by Crippen LogP contribution is -2.29. The zero-order chi connectivity index (χ0) is 9.72. The van der Waals surface area contributed by atoms with Gasteiger partial charge in [0.2, 0.25) is 11.8 Å². The number of amides is 2. The van der Waals surface area contributed by atoms with Gasteiger partial charge in [-0.05, 0) is 6.92 Å². The third-order valence-corrected chi connectivity index (χ3v) is 1.38. The fraction of sp³-hybridized carbons (Fsp3) is 0.250. The van der Waals surface area contributed by atoms with E-state index in [-0.39, 0.29) is 5.57 Å². The summed E-state index contributed by atoms with van der Waals surface area (Å²) in [7, 11) is 0. The van der Waals surface area contributed by atoms with Crippen molar-refractivity contribution in [2.75, 3.05) is 0 Å². The Morgan fingerprint density at radius 3 is 2.17 bits per heavy atom. The van der Waals surface area contributed by atoms with Gasteiger partial charge in [0.1, 0.15) is 0 Å². The molecule has 0 aromatic heterocycles. The molecule has 4 heteroatoms. The maximum atomic E-state index is 10.7. The zero-order valence-corrected chi connectivity index (χ0v) is 6.91. The molecule has 4 N–H and O–H groups in total. The maximum Gasteiger partial charge on any atom is 0.245 e. The van der Waals surface area contributed by atoms with Crippen LogP contribution in [-0.2, 0) is 9.59 Å². The van der Waals surface area contributed by atoms with Crippen LogP contribution < -0.4 is 11.5 Å². The molecule has 0 rings (SSSR count). The molecule has 12 heavy (non-hydrogen) atoms. The molecule has 0 aliphatic carbocycles. The molecule has 4 nitrogen and oxygen atoms in total. The second-order valence-corrected chi connectivity index (χ2v) is 2.30. The van der Waals surface area contributed by atoms with Crippen LogP contribution in [0.2, 0.25) is 0 Å². The topological polar surface area (TPSA) is 86.2 Å². The average Bonchev–Trinajstić information content (AvgIpc) is 1.98. The SMILES string of the molecule is C=C(C(N)=O)C(/C=C/C)C(N)=O. The van der Waals surface area contributed by atoms with Gasteiger partial charge in [-0.15, -0.1) is 0 Å². The van der Waals surface area contributed by atoms with Crippen molar-refractivity contribution in [3.05, 3.63) is 24.3 Å². The fourth-order valence-electron chi connectivity index (χ4n) is 0.728. The summed E-state index contributed by atoms with van der Waals surface area (Å²) >= 11 is 0. The van der Waals surface area contributed by atoms with Crippen molar-refractivity contribution in [2.45, 2.75) is 6.92 Å². The fourth-order valence-corrected chi connectivity index (χ4v) is 0.728. The Bertz CT molecular complexity index is 243. The minimum Gasteiger partial charge on any atom is -0.369 e. The van der Waals surface area contributed by atoms with Crippen LogP contribution in [0.1, 0.15) is 6.92 Å². The van der Waals surface area contributed by atoms with Crippen LogP contribution in [0.4, 0.5) is 0 Å². The van der Waals surface area contributed by atoms with Crippen molar-refractivity contribution in [1.29, 1.82) is 0 Å². The first-order chi connectivity index (χ1) is 5.50. The number of hydrogen-bond donors (Lipinski definition) is 2. The first-order valence-corrected chi connectivity index (χ1v) is 3.41. The van der Waals surface area contributed by atoms with Gasteiger partial charge >= 0.3 is 0 Å². The van der Waals surface area contributed by atoms with Gasteiger partial charge < -0.3 is 11.5 Å². The van der Waals surface area contributed by atoms with Crippen molar-refractivity contribution in [3.63, 3.8) is 0 Å². The smallest absolute Gasteiger partial charge is 0.245 e. The van der Waals surface area contributed by atoms with Crippen LogP contribution in [0.15, 0.2) is 24.3 Å². The van der Waals surface area contributed by atoms with Gasteiger partial charge in [0.25, 0.3) is 0 Å². The third-order valence-electron chi connectivity index (χ3n) is 1.38. The summed E-state index contributed by atoms with van der Waals surface area (Å²) in [5, 5.41) is 0. The van der Waals surface area contributed by atoms with Gasteiger partial charge in [-0.3, -0.25) is 9.59 Å². The lowest BCUT2D eigenvalue weighted by atomic mass is 9.99. The van der Waals surface area contributed by atoms with Gasteiger partial charge in [-0.25, -0.2) is 0 Å². The summed E-state index contributed by atoms with van der Waals surface area (Å²) in [6, 6.07) is 0. The van der Waals surface area contributed by atoms with Gasteiger partial charge in [0.05, 0.1) is 5.92 Å². The maximum absolute atomic E-state index is 10.7. The van der Waals surface area contributed by atoms with Crippen molar-refractivity contribution in [2.24, 2.45) is 17.4 Å². The average molecular weight is 168 g/mol. The second kappa shape index (κ2) is 4.33. The predicted octanol–water partition coefficient (Wildman–Crippen LogP) is -0.294. The molecule has 0 heterocycles. The third kappa shape index (κ3) is 2.57. The molecular weight excluding hydrogens is 156 g/mol. The van der Waals surface area contributed by atoms with E-state index in [2.05, 4.69) is 6.58 Å². The number of rotatable bonds is 4. The molecule has 0 bridgehead atoms. The van der Waals surface area contributed by atoms with Crippen LogP contribution in [0, 0.1) is 5.92 Å². The Balaban J connectivity index is 4.63. The van der Waals surface area contributed by atoms with Gasteiger partial charge in [0.15, 0.2) is 0 Å². The van der Waals surface area contributed by atoms with E-state index in [1.165, 1.54) is 6.08 Å². The monoisotopic (exact) mass is 168 g/mol. The Morgan fingerprint density at radius 2 is 1.92 bits per heavy atom. The van der Waals surface area contributed by atoms with E-state index < -0.39 is 17.7 Å². The van der Waals surface area contributed by atoms with Gasteiger partial charge in [-0.1, -0.05) is 18.7 Å². The molecule has 0 radical (unpaired) electrons. The van der Waals surface area contributed by atoms with Crippen molar-refractivity contribution in [1.82, 2.24) is 0 Å². The molecule has 0 spiro atoms.